The van der Waals surface area contributed by atoms with Gasteiger partial charge in [-0.25, -0.2) is 0 Å². The van der Waals surface area contributed by atoms with Gasteiger partial charge >= 0.3 is 0 Å². The molecule has 2 aromatic rings. The molecule has 144 valence electrons. The van der Waals surface area contributed by atoms with Crippen LogP contribution < -0.4 is 10.2 Å². The molecule has 1 saturated heterocycles. The van der Waals surface area contributed by atoms with Gasteiger partial charge < -0.3 is 10.2 Å². The number of hydrogen-bond acceptors (Lipinski definition) is 3. The highest BCUT2D eigenvalue weighted by molar-refractivity contribution is 5.78. The molecule has 0 spiro atoms. The molecule has 0 radical (unpaired) electrons. The fourth-order valence-electron chi connectivity index (χ4n) is 3.60. The van der Waals surface area contributed by atoms with Gasteiger partial charge in [0.2, 0.25) is 5.91 Å². The van der Waals surface area contributed by atoms with Gasteiger partial charge in [-0.15, -0.1) is 0 Å². The zero-order chi connectivity index (χ0) is 19.2. The van der Waals surface area contributed by atoms with Crippen molar-refractivity contribution in [2.75, 3.05) is 37.6 Å². The number of carbonyl (C=O) groups is 1. The number of anilines is 1. The van der Waals surface area contributed by atoms with Crippen LogP contribution in [0.3, 0.4) is 0 Å². The van der Waals surface area contributed by atoms with Gasteiger partial charge in [0.05, 0.1) is 12.6 Å². The Kier molecular flexibility index (Phi) is 6.51. The highest BCUT2D eigenvalue weighted by atomic mass is 16.2. The summed E-state index contributed by atoms with van der Waals surface area (Å²) >= 11 is 0. The second-order valence-corrected chi connectivity index (χ2v) is 7.49. The lowest BCUT2D eigenvalue weighted by Gasteiger charge is -2.36. The van der Waals surface area contributed by atoms with Gasteiger partial charge in [-0.3, -0.25) is 9.69 Å². The third-order valence-electron chi connectivity index (χ3n) is 5.37. The van der Waals surface area contributed by atoms with Crippen LogP contribution in [0.15, 0.2) is 48.5 Å². The van der Waals surface area contributed by atoms with E-state index in [-0.39, 0.29) is 11.9 Å². The number of carbonyl (C=O) groups excluding carboxylic acids is 1. The molecule has 27 heavy (non-hydrogen) atoms. The Hall–Kier alpha value is -2.33. The van der Waals surface area contributed by atoms with Gasteiger partial charge in [0.15, 0.2) is 0 Å². The van der Waals surface area contributed by atoms with Crippen LogP contribution in [-0.2, 0) is 11.2 Å². The first-order chi connectivity index (χ1) is 13.0. The molecular formula is C23H31N3O. The smallest absolute Gasteiger partial charge is 0.234 e. The summed E-state index contributed by atoms with van der Waals surface area (Å²) in [6.45, 7) is 10.6. The van der Waals surface area contributed by atoms with Crippen LogP contribution in [0.5, 0.6) is 0 Å². The van der Waals surface area contributed by atoms with Crippen molar-refractivity contribution >= 4 is 11.6 Å². The summed E-state index contributed by atoms with van der Waals surface area (Å²) < 4.78 is 0. The Balaban J connectivity index is 1.46. The van der Waals surface area contributed by atoms with E-state index in [9.17, 15) is 4.79 Å². The summed E-state index contributed by atoms with van der Waals surface area (Å²) in [7, 11) is 0. The van der Waals surface area contributed by atoms with E-state index in [1.54, 1.807) is 0 Å². The number of aryl methyl sites for hydroxylation is 2. The molecule has 1 aliphatic rings. The maximum absolute atomic E-state index is 12.4. The lowest BCUT2D eigenvalue weighted by atomic mass is 10.0. The number of rotatable bonds is 6. The van der Waals surface area contributed by atoms with Crippen molar-refractivity contribution in [1.29, 1.82) is 0 Å². The molecule has 1 aliphatic heterocycles. The Labute approximate surface area is 163 Å². The van der Waals surface area contributed by atoms with E-state index < -0.39 is 0 Å². The van der Waals surface area contributed by atoms with E-state index in [4.69, 9.17) is 0 Å². The van der Waals surface area contributed by atoms with Gasteiger partial charge in [-0.1, -0.05) is 43.3 Å². The zero-order valence-electron chi connectivity index (χ0n) is 16.7. The van der Waals surface area contributed by atoms with Gasteiger partial charge in [0.1, 0.15) is 0 Å². The first-order valence-corrected chi connectivity index (χ1v) is 9.97. The van der Waals surface area contributed by atoms with Crippen molar-refractivity contribution in [3.8, 4) is 0 Å². The van der Waals surface area contributed by atoms with Crippen LogP contribution in [0.1, 0.15) is 36.6 Å². The fraction of sp³-hybridized carbons (Fsp3) is 0.435. The standard InChI is InChI=1S/C23H31N3O/c1-4-20-8-10-21(11-9-20)19(3)24-23(27)17-25-12-14-26(15-13-25)22-7-5-6-18(2)16-22/h5-11,16,19H,4,12-15,17H2,1-3H3,(H,24,27). The third kappa shape index (κ3) is 5.33. The van der Waals surface area contributed by atoms with Crippen LogP contribution >= 0.6 is 0 Å². The van der Waals surface area contributed by atoms with E-state index in [0.29, 0.717) is 6.54 Å². The molecule has 1 atom stereocenters. The number of piperazine rings is 1. The van der Waals surface area contributed by atoms with E-state index in [1.165, 1.54) is 16.8 Å². The normalized spacial score (nSPS) is 16.2. The average Bonchev–Trinajstić information content (AvgIpc) is 2.68. The van der Waals surface area contributed by atoms with Crippen LogP contribution in [0.25, 0.3) is 0 Å². The predicted molar refractivity (Wildman–Crippen MR) is 112 cm³/mol. The van der Waals surface area contributed by atoms with Crippen molar-refractivity contribution in [2.24, 2.45) is 0 Å². The van der Waals surface area contributed by atoms with Crippen LogP contribution in [-0.4, -0.2) is 43.5 Å². The number of benzene rings is 2. The van der Waals surface area contributed by atoms with Gasteiger partial charge in [0.25, 0.3) is 0 Å². The Morgan fingerprint density at radius 3 is 2.41 bits per heavy atom. The Morgan fingerprint density at radius 1 is 1.07 bits per heavy atom. The summed E-state index contributed by atoms with van der Waals surface area (Å²) in [6, 6.07) is 17.2. The molecule has 0 aromatic heterocycles. The quantitative estimate of drug-likeness (QED) is 0.850. The molecule has 1 heterocycles. The number of amides is 1. The summed E-state index contributed by atoms with van der Waals surface area (Å²) in [6.07, 6.45) is 1.04. The zero-order valence-corrected chi connectivity index (χ0v) is 16.7. The molecule has 1 fully saturated rings. The van der Waals surface area contributed by atoms with Crippen molar-refractivity contribution in [2.45, 2.75) is 33.2 Å². The van der Waals surface area contributed by atoms with Crippen molar-refractivity contribution in [3.63, 3.8) is 0 Å². The minimum atomic E-state index is 0.0389. The molecule has 4 nitrogen and oxygen atoms in total. The topological polar surface area (TPSA) is 35.6 Å². The summed E-state index contributed by atoms with van der Waals surface area (Å²) in [5.74, 6) is 0.103. The highest BCUT2D eigenvalue weighted by Gasteiger charge is 2.20. The molecule has 0 saturated carbocycles. The maximum atomic E-state index is 12.4. The molecule has 1 N–H and O–H groups in total. The average molecular weight is 366 g/mol. The SMILES string of the molecule is CCc1ccc(C(C)NC(=O)CN2CCN(c3cccc(C)c3)CC2)cc1. The molecular weight excluding hydrogens is 334 g/mol. The first kappa shape index (κ1) is 19.4. The van der Waals surface area contributed by atoms with Crippen LogP contribution in [0, 0.1) is 6.92 Å². The second-order valence-electron chi connectivity index (χ2n) is 7.49. The molecule has 1 amide bonds. The summed E-state index contributed by atoms with van der Waals surface area (Å²) in [5, 5.41) is 3.14. The minimum absolute atomic E-state index is 0.0389. The molecule has 0 bridgehead atoms. The minimum Gasteiger partial charge on any atom is -0.369 e. The van der Waals surface area contributed by atoms with Crippen molar-refractivity contribution < 1.29 is 4.79 Å². The molecule has 1 unspecified atom stereocenters. The third-order valence-corrected chi connectivity index (χ3v) is 5.37. The van der Waals surface area contributed by atoms with E-state index >= 15 is 0 Å². The summed E-state index contributed by atoms with van der Waals surface area (Å²) in [5.41, 5.74) is 5.05. The monoisotopic (exact) mass is 365 g/mol. The van der Waals surface area contributed by atoms with Crippen molar-refractivity contribution in [1.82, 2.24) is 10.2 Å². The lowest BCUT2D eigenvalue weighted by molar-refractivity contribution is -0.123. The predicted octanol–water partition coefficient (Wildman–Crippen LogP) is 3.56. The fourth-order valence-corrected chi connectivity index (χ4v) is 3.60. The van der Waals surface area contributed by atoms with Crippen LogP contribution in [0.2, 0.25) is 0 Å². The maximum Gasteiger partial charge on any atom is 0.234 e. The Bertz CT molecular complexity index is 748. The van der Waals surface area contributed by atoms with Gasteiger partial charge in [-0.05, 0) is 49.1 Å². The number of nitrogens with zero attached hydrogens (tertiary/aromatic N) is 2. The molecule has 0 aliphatic carbocycles. The van der Waals surface area contributed by atoms with E-state index in [2.05, 4.69) is 84.4 Å². The van der Waals surface area contributed by atoms with Gasteiger partial charge in [-0.2, -0.15) is 0 Å². The molecule has 3 rings (SSSR count). The number of nitrogens with one attached hydrogen (secondary N) is 1. The molecule has 4 heteroatoms. The second kappa shape index (κ2) is 9.05. The first-order valence-electron chi connectivity index (χ1n) is 9.97. The lowest BCUT2D eigenvalue weighted by Crippen LogP contribution is -2.49. The number of hydrogen-bond donors (Lipinski definition) is 1. The van der Waals surface area contributed by atoms with Crippen LogP contribution in [0.4, 0.5) is 5.69 Å². The van der Waals surface area contributed by atoms with E-state index in [0.717, 1.165) is 38.2 Å². The molecule has 2 aromatic carbocycles. The summed E-state index contributed by atoms with van der Waals surface area (Å²) in [4.78, 5) is 17.1. The van der Waals surface area contributed by atoms with Crippen molar-refractivity contribution in [3.05, 3.63) is 65.2 Å². The Morgan fingerprint density at radius 2 is 1.78 bits per heavy atom. The van der Waals surface area contributed by atoms with E-state index in [1.807, 2.05) is 0 Å². The largest absolute Gasteiger partial charge is 0.369 e. The van der Waals surface area contributed by atoms with Gasteiger partial charge in [0, 0.05) is 31.9 Å². The highest BCUT2D eigenvalue weighted by Crippen LogP contribution is 2.18.